The highest BCUT2D eigenvalue weighted by Crippen LogP contribution is 2.29. The Balaban J connectivity index is 2.12. The third kappa shape index (κ3) is 7.31. The average Bonchev–Trinajstić information content (AvgIpc) is 2.68. The first-order valence-electron chi connectivity index (χ1n) is 9.19. The summed E-state index contributed by atoms with van der Waals surface area (Å²) in [4.78, 5) is 10.9. The van der Waals surface area contributed by atoms with E-state index in [4.69, 9.17) is 9.84 Å². The second kappa shape index (κ2) is 9.65. The predicted octanol–water partition coefficient (Wildman–Crippen LogP) is 3.81. The standard InChI is InChI=1S/C20H22F3NO7S/c1-19(2,12-25)17(24-18(26)27)11-32(28,29)16-9-7-14(8-10-16)30-13-3-5-15(6-4-13)31-20(21,22)23/h3-10,17,24-25H,11-12H2,1-2H3,(H,26,27). The predicted molar refractivity (Wildman–Crippen MR) is 108 cm³/mol. The van der Waals surface area contributed by atoms with E-state index in [1.54, 1.807) is 0 Å². The van der Waals surface area contributed by atoms with E-state index >= 15 is 0 Å². The number of nitrogens with one attached hydrogen (secondary N) is 1. The number of benzene rings is 2. The Hall–Kier alpha value is -2.99. The molecule has 12 heteroatoms. The molecule has 0 saturated heterocycles. The van der Waals surface area contributed by atoms with Crippen molar-refractivity contribution in [3.63, 3.8) is 0 Å². The molecule has 0 bridgehead atoms. The summed E-state index contributed by atoms with van der Waals surface area (Å²) in [6.07, 6.45) is -6.23. The summed E-state index contributed by atoms with van der Waals surface area (Å²) in [5.41, 5.74) is -1.03. The quantitative estimate of drug-likeness (QED) is 0.502. The molecule has 0 heterocycles. The summed E-state index contributed by atoms with van der Waals surface area (Å²) < 4.78 is 71.3. The molecule has 0 fully saturated rings. The molecular weight excluding hydrogens is 455 g/mol. The monoisotopic (exact) mass is 477 g/mol. The zero-order chi connectivity index (χ0) is 24.2. The van der Waals surface area contributed by atoms with E-state index < -0.39 is 51.9 Å². The highest BCUT2D eigenvalue weighted by Gasteiger charge is 2.35. The smallest absolute Gasteiger partial charge is 0.465 e. The van der Waals surface area contributed by atoms with E-state index in [1.165, 1.54) is 50.2 Å². The van der Waals surface area contributed by atoms with Gasteiger partial charge in [0.1, 0.15) is 17.2 Å². The van der Waals surface area contributed by atoms with Crippen molar-refractivity contribution in [2.45, 2.75) is 31.1 Å². The maximum atomic E-state index is 12.7. The maximum absolute atomic E-state index is 12.7. The molecule has 176 valence electrons. The lowest BCUT2D eigenvalue weighted by atomic mass is 9.86. The molecule has 2 rings (SSSR count). The maximum Gasteiger partial charge on any atom is 0.573 e. The molecule has 0 aliphatic rings. The van der Waals surface area contributed by atoms with Gasteiger partial charge in [-0.2, -0.15) is 0 Å². The third-order valence-electron chi connectivity index (χ3n) is 4.51. The van der Waals surface area contributed by atoms with E-state index in [-0.39, 0.29) is 16.4 Å². The molecule has 0 aliphatic heterocycles. The minimum absolute atomic E-state index is 0.0929. The summed E-state index contributed by atoms with van der Waals surface area (Å²) in [5.74, 6) is -0.565. The second-order valence-corrected chi connectivity index (χ2v) is 9.56. The van der Waals surface area contributed by atoms with Crippen molar-refractivity contribution in [2.24, 2.45) is 5.41 Å². The van der Waals surface area contributed by atoms with Crippen LogP contribution in [0.1, 0.15) is 13.8 Å². The molecule has 1 amide bonds. The number of amides is 1. The highest BCUT2D eigenvalue weighted by molar-refractivity contribution is 7.91. The number of aliphatic hydroxyl groups excluding tert-OH is 1. The molecule has 0 aliphatic carbocycles. The molecule has 1 unspecified atom stereocenters. The first-order chi connectivity index (χ1) is 14.7. The molecular formula is C20H22F3NO7S. The molecule has 8 nitrogen and oxygen atoms in total. The lowest BCUT2D eigenvalue weighted by Crippen LogP contribution is -2.50. The molecule has 2 aromatic rings. The first-order valence-corrected chi connectivity index (χ1v) is 10.8. The SMILES string of the molecule is CC(C)(CO)C(CS(=O)(=O)c1ccc(Oc2ccc(OC(F)(F)F)cc2)cc1)NC(=O)O. The van der Waals surface area contributed by atoms with Crippen LogP contribution in [0.5, 0.6) is 17.2 Å². The van der Waals surface area contributed by atoms with Crippen LogP contribution in [0.4, 0.5) is 18.0 Å². The van der Waals surface area contributed by atoms with Gasteiger partial charge < -0.3 is 25.0 Å². The lowest BCUT2D eigenvalue weighted by molar-refractivity contribution is -0.274. The van der Waals surface area contributed by atoms with Crippen LogP contribution < -0.4 is 14.8 Å². The van der Waals surface area contributed by atoms with Crippen molar-refractivity contribution in [1.29, 1.82) is 0 Å². The number of halogens is 3. The number of carbonyl (C=O) groups is 1. The Labute approximate surface area is 182 Å². The molecule has 2 aromatic carbocycles. The van der Waals surface area contributed by atoms with Crippen LogP contribution in [0.15, 0.2) is 53.4 Å². The zero-order valence-corrected chi connectivity index (χ0v) is 17.9. The summed E-state index contributed by atoms with van der Waals surface area (Å²) in [6, 6.07) is 8.80. The van der Waals surface area contributed by atoms with Crippen LogP contribution in [-0.2, 0) is 9.84 Å². The topological polar surface area (TPSA) is 122 Å². The molecule has 32 heavy (non-hydrogen) atoms. The number of hydrogen-bond acceptors (Lipinski definition) is 6. The summed E-state index contributed by atoms with van der Waals surface area (Å²) >= 11 is 0. The summed E-state index contributed by atoms with van der Waals surface area (Å²) in [5, 5.41) is 20.6. The van der Waals surface area contributed by atoms with Gasteiger partial charge in [-0.1, -0.05) is 13.8 Å². The number of ether oxygens (including phenoxy) is 2. The van der Waals surface area contributed by atoms with E-state index in [9.17, 15) is 31.5 Å². The minimum atomic E-state index is -4.81. The Morgan fingerprint density at radius 3 is 1.91 bits per heavy atom. The Morgan fingerprint density at radius 2 is 1.47 bits per heavy atom. The summed E-state index contributed by atoms with van der Waals surface area (Å²) in [6.45, 7) is 2.63. The number of alkyl halides is 3. The fraction of sp³-hybridized carbons (Fsp3) is 0.350. The van der Waals surface area contributed by atoms with E-state index in [2.05, 4.69) is 10.1 Å². The fourth-order valence-electron chi connectivity index (χ4n) is 2.60. The molecule has 0 saturated carbocycles. The van der Waals surface area contributed by atoms with Gasteiger partial charge in [-0.15, -0.1) is 13.2 Å². The van der Waals surface area contributed by atoms with E-state index in [0.29, 0.717) is 0 Å². The normalized spacial score (nSPS) is 13.3. The van der Waals surface area contributed by atoms with Gasteiger partial charge in [0.2, 0.25) is 0 Å². The van der Waals surface area contributed by atoms with Crippen LogP contribution in [0.3, 0.4) is 0 Å². The van der Waals surface area contributed by atoms with Crippen molar-refractivity contribution in [1.82, 2.24) is 5.32 Å². The summed E-state index contributed by atoms with van der Waals surface area (Å²) in [7, 11) is -3.93. The van der Waals surface area contributed by atoms with Gasteiger partial charge in [-0.3, -0.25) is 0 Å². The van der Waals surface area contributed by atoms with Gasteiger partial charge in [0, 0.05) is 5.41 Å². The second-order valence-electron chi connectivity index (χ2n) is 7.52. The Morgan fingerprint density at radius 1 is 1.00 bits per heavy atom. The lowest BCUT2D eigenvalue weighted by Gasteiger charge is -2.32. The van der Waals surface area contributed by atoms with Crippen molar-refractivity contribution in [3.05, 3.63) is 48.5 Å². The Kier molecular flexibility index (Phi) is 7.62. The number of hydrogen-bond donors (Lipinski definition) is 3. The van der Waals surface area contributed by atoms with E-state index in [0.717, 1.165) is 12.1 Å². The average molecular weight is 477 g/mol. The van der Waals surface area contributed by atoms with Gasteiger partial charge in [0.25, 0.3) is 0 Å². The Bertz CT molecular complexity index is 1020. The molecule has 1 atom stereocenters. The van der Waals surface area contributed by atoms with Crippen molar-refractivity contribution in [2.75, 3.05) is 12.4 Å². The van der Waals surface area contributed by atoms with Crippen LogP contribution in [0.2, 0.25) is 0 Å². The van der Waals surface area contributed by atoms with E-state index in [1.807, 2.05) is 0 Å². The first kappa shape index (κ1) is 25.3. The number of aliphatic hydroxyl groups is 1. The molecule has 0 aromatic heterocycles. The van der Waals surface area contributed by atoms with Gasteiger partial charge in [-0.25, -0.2) is 13.2 Å². The molecule has 0 spiro atoms. The van der Waals surface area contributed by atoms with Crippen molar-refractivity contribution < 1.29 is 46.1 Å². The van der Waals surface area contributed by atoms with Gasteiger partial charge in [-0.05, 0) is 48.5 Å². The van der Waals surface area contributed by atoms with Gasteiger partial charge >= 0.3 is 12.5 Å². The van der Waals surface area contributed by atoms with Crippen LogP contribution in [0.25, 0.3) is 0 Å². The van der Waals surface area contributed by atoms with Crippen molar-refractivity contribution in [3.8, 4) is 17.2 Å². The third-order valence-corrected chi connectivity index (χ3v) is 6.27. The molecule has 3 N–H and O–H groups in total. The van der Waals surface area contributed by atoms with Gasteiger partial charge in [0.15, 0.2) is 9.84 Å². The van der Waals surface area contributed by atoms with Crippen molar-refractivity contribution >= 4 is 15.9 Å². The zero-order valence-electron chi connectivity index (χ0n) is 17.1. The van der Waals surface area contributed by atoms with Crippen LogP contribution in [0, 0.1) is 5.41 Å². The van der Waals surface area contributed by atoms with Crippen LogP contribution in [-0.4, -0.2) is 49.5 Å². The van der Waals surface area contributed by atoms with Gasteiger partial charge in [0.05, 0.1) is 23.3 Å². The number of carboxylic acid groups (broad SMARTS) is 1. The minimum Gasteiger partial charge on any atom is -0.465 e. The number of rotatable bonds is 9. The fourth-order valence-corrected chi connectivity index (χ4v) is 4.31. The van der Waals surface area contributed by atoms with Crippen LogP contribution >= 0.6 is 0 Å². The largest absolute Gasteiger partial charge is 0.573 e. The number of sulfone groups is 1. The molecule has 0 radical (unpaired) electrons. The highest BCUT2D eigenvalue weighted by atomic mass is 32.2.